The minimum atomic E-state index is 0.685. The lowest BCUT2D eigenvalue weighted by Crippen LogP contribution is -1.88. The van der Waals surface area contributed by atoms with Gasteiger partial charge in [0.2, 0.25) is 0 Å². The lowest BCUT2D eigenvalue weighted by molar-refractivity contribution is -0.104. The van der Waals surface area contributed by atoms with Gasteiger partial charge in [-0.15, -0.1) is 11.8 Å². The normalized spacial score (nSPS) is 24.8. The Morgan fingerprint density at radius 1 is 1.44 bits per heavy atom. The second kappa shape index (κ2) is 7.47. The SMILES string of the molecule is C/C=C(SCBr)/C1=C/C(C=O)=C/C=C/C=C1. The molecular weight excluding hydrogens is 284 g/mol. The van der Waals surface area contributed by atoms with Crippen molar-refractivity contribution in [1.29, 1.82) is 0 Å². The molecule has 0 aromatic rings. The first-order valence-electron chi connectivity index (χ1n) is 4.89. The van der Waals surface area contributed by atoms with Crippen molar-refractivity contribution in [2.45, 2.75) is 6.92 Å². The lowest BCUT2D eigenvalue weighted by atomic mass is 10.1. The fourth-order valence-electron chi connectivity index (χ4n) is 1.28. The number of thioether (sulfide) groups is 1. The van der Waals surface area contributed by atoms with Gasteiger partial charge >= 0.3 is 0 Å². The second-order valence-corrected chi connectivity index (χ2v) is 5.35. The van der Waals surface area contributed by atoms with Crippen molar-refractivity contribution < 1.29 is 4.79 Å². The van der Waals surface area contributed by atoms with Gasteiger partial charge in [0.25, 0.3) is 0 Å². The van der Waals surface area contributed by atoms with Crippen LogP contribution in [-0.4, -0.2) is 10.9 Å². The Bertz CT molecular complexity index is 400. The molecule has 0 heterocycles. The van der Waals surface area contributed by atoms with E-state index in [2.05, 4.69) is 22.0 Å². The molecule has 0 amide bonds. The molecule has 0 unspecified atom stereocenters. The van der Waals surface area contributed by atoms with Crippen LogP contribution in [0.1, 0.15) is 6.92 Å². The smallest absolute Gasteiger partial charge is 0.150 e. The third-order valence-electron chi connectivity index (χ3n) is 2.00. The number of allylic oxidation sites excluding steroid dienone is 9. The Morgan fingerprint density at radius 2 is 2.25 bits per heavy atom. The molecule has 0 fully saturated rings. The Labute approximate surface area is 109 Å². The van der Waals surface area contributed by atoms with Crippen LogP contribution in [0.3, 0.4) is 0 Å². The van der Waals surface area contributed by atoms with Crippen molar-refractivity contribution in [2.24, 2.45) is 0 Å². The first kappa shape index (κ1) is 13.3. The summed E-state index contributed by atoms with van der Waals surface area (Å²) in [6.45, 7) is 2.00. The summed E-state index contributed by atoms with van der Waals surface area (Å²) in [6.07, 6.45) is 14.4. The van der Waals surface area contributed by atoms with Gasteiger partial charge < -0.3 is 0 Å². The van der Waals surface area contributed by atoms with Crippen LogP contribution in [0.15, 0.2) is 58.6 Å². The quantitative estimate of drug-likeness (QED) is 0.572. The standard InChI is InChI=1S/C13H13BrOS/c1-2-13(16-10-14)12-7-5-3-4-6-11(8-12)9-15/h2-9H,10H2,1H3/b4-3+,5-3?,6-4?,7-5?,11-6-,11-8?,12-7?,12-8+,13-2-. The fourth-order valence-corrected chi connectivity index (χ4v) is 2.60. The van der Waals surface area contributed by atoms with Gasteiger partial charge in [-0.25, -0.2) is 0 Å². The van der Waals surface area contributed by atoms with E-state index in [0.29, 0.717) is 5.57 Å². The highest BCUT2D eigenvalue weighted by molar-refractivity contribution is 9.11. The fraction of sp³-hybridized carbons (Fsp3) is 0.154. The number of hydrogen-bond donors (Lipinski definition) is 0. The molecule has 0 spiro atoms. The number of carbonyl (C=O) groups is 1. The number of hydrogen-bond acceptors (Lipinski definition) is 2. The van der Waals surface area contributed by atoms with E-state index < -0.39 is 0 Å². The zero-order valence-electron chi connectivity index (χ0n) is 9.02. The molecule has 3 heteroatoms. The van der Waals surface area contributed by atoms with Crippen LogP contribution in [-0.2, 0) is 4.79 Å². The molecule has 16 heavy (non-hydrogen) atoms. The first-order valence-corrected chi connectivity index (χ1v) is 7.00. The molecule has 0 N–H and O–H groups in total. The molecule has 1 nitrogen and oxygen atoms in total. The summed E-state index contributed by atoms with van der Waals surface area (Å²) in [4.78, 5) is 12.0. The van der Waals surface area contributed by atoms with E-state index in [4.69, 9.17) is 0 Å². The third kappa shape index (κ3) is 3.99. The van der Waals surface area contributed by atoms with Gasteiger partial charge in [-0.2, -0.15) is 0 Å². The Kier molecular flexibility index (Phi) is 6.19. The summed E-state index contributed by atoms with van der Waals surface area (Å²) in [5, 5.41) is 0. The lowest BCUT2D eigenvalue weighted by Gasteiger charge is -2.07. The minimum absolute atomic E-state index is 0.685. The van der Waals surface area contributed by atoms with E-state index in [-0.39, 0.29) is 0 Å². The molecule has 0 saturated heterocycles. The van der Waals surface area contributed by atoms with Crippen LogP contribution in [0.5, 0.6) is 0 Å². The number of aldehydes is 1. The second-order valence-electron chi connectivity index (χ2n) is 3.03. The maximum Gasteiger partial charge on any atom is 0.150 e. The Hall–Kier alpha value is -0.800. The van der Waals surface area contributed by atoms with Crippen LogP contribution >= 0.6 is 27.7 Å². The van der Waals surface area contributed by atoms with Gasteiger partial charge in [-0.3, -0.25) is 4.79 Å². The zero-order valence-corrected chi connectivity index (χ0v) is 11.4. The average molecular weight is 297 g/mol. The number of halogens is 1. The average Bonchev–Trinajstić information content (AvgIpc) is 2.27. The van der Waals surface area contributed by atoms with Gasteiger partial charge in [-0.05, 0) is 18.6 Å². The summed E-state index contributed by atoms with van der Waals surface area (Å²) in [6, 6.07) is 0. The van der Waals surface area contributed by atoms with E-state index in [1.165, 1.54) is 0 Å². The zero-order chi connectivity index (χ0) is 11.8. The molecule has 0 atom stereocenters. The van der Waals surface area contributed by atoms with Crippen LogP contribution < -0.4 is 0 Å². The minimum Gasteiger partial charge on any atom is -0.298 e. The van der Waals surface area contributed by atoms with E-state index in [1.807, 2.05) is 43.4 Å². The first-order chi connectivity index (χ1) is 7.81. The summed E-state index contributed by atoms with van der Waals surface area (Å²) in [7, 11) is 0. The van der Waals surface area contributed by atoms with Crippen LogP contribution in [0, 0.1) is 0 Å². The van der Waals surface area contributed by atoms with Gasteiger partial charge in [-0.1, -0.05) is 52.4 Å². The topological polar surface area (TPSA) is 17.1 Å². The largest absolute Gasteiger partial charge is 0.298 e. The molecular formula is C13H13BrOS. The summed E-state index contributed by atoms with van der Waals surface area (Å²) in [5.74, 6) is 0. The monoisotopic (exact) mass is 296 g/mol. The summed E-state index contributed by atoms with van der Waals surface area (Å²) >= 11 is 5.10. The van der Waals surface area contributed by atoms with Crippen molar-refractivity contribution in [2.75, 3.05) is 4.66 Å². The molecule has 0 radical (unpaired) electrons. The molecule has 1 rings (SSSR count). The van der Waals surface area contributed by atoms with Gasteiger partial charge in [0.05, 0.1) is 4.66 Å². The molecule has 0 aromatic heterocycles. The van der Waals surface area contributed by atoms with Crippen molar-refractivity contribution in [3.63, 3.8) is 0 Å². The van der Waals surface area contributed by atoms with E-state index >= 15 is 0 Å². The third-order valence-corrected chi connectivity index (χ3v) is 3.58. The molecule has 1 aliphatic rings. The predicted molar refractivity (Wildman–Crippen MR) is 75.7 cm³/mol. The maximum atomic E-state index is 10.8. The Balaban J connectivity index is 3.04. The van der Waals surface area contributed by atoms with Gasteiger partial charge in [0.15, 0.2) is 0 Å². The van der Waals surface area contributed by atoms with E-state index in [0.717, 1.165) is 21.4 Å². The highest BCUT2D eigenvalue weighted by atomic mass is 79.9. The molecule has 1 aliphatic carbocycles. The molecule has 0 aromatic carbocycles. The highest BCUT2D eigenvalue weighted by Gasteiger charge is 2.03. The van der Waals surface area contributed by atoms with Crippen molar-refractivity contribution in [1.82, 2.24) is 0 Å². The Morgan fingerprint density at radius 3 is 2.88 bits per heavy atom. The molecule has 0 aliphatic heterocycles. The van der Waals surface area contributed by atoms with E-state index in [1.54, 1.807) is 11.8 Å². The van der Waals surface area contributed by atoms with Crippen LogP contribution in [0.2, 0.25) is 0 Å². The van der Waals surface area contributed by atoms with Crippen molar-refractivity contribution >= 4 is 34.0 Å². The highest BCUT2D eigenvalue weighted by Crippen LogP contribution is 2.27. The van der Waals surface area contributed by atoms with E-state index in [9.17, 15) is 4.79 Å². The van der Waals surface area contributed by atoms with Gasteiger partial charge in [0.1, 0.15) is 6.29 Å². The summed E-state index contributed by atoms with van der Waals surface area (Å²) < 4.78 is 0.841. The number of carbonyl (C=O) groups excluding carboxylic acids is 1. The molecule has 0 saturated carbocycles. The van der Waals surface area contributed by atoms with Gasteiger partial charge in [0, 0.05) is 10.5 Å². The number of alkyl halides is 1. The van der Waals surface area contributed by atoms with Crippen LogP contribution in [0.4, 0.5) is 0 Å². The van der Waals surface area contributed by atoms with Crippen molar-refractivity contribution in [3.8, 4) is 0 Å². The summed E-state index contributed by atoms with van der Waals surface area (Å²) in [5.41, 5.74) is 1.75. The predicted octanol–water partition coefficient (Wildman–Crippen LogP) is 4.15. The maximum absolute atomic E-state index is 10.8. The number of rotatable bonds is 4. The molecule has 84 valence electrons. The van der Waals surface area contributed by atoms with Crippen molar-refractivity contribution in [3.05, 3.63) is 58.6 Å². The molecule has 0 bridgehead atoms. The van der Waals surface area contributed by atoms with Crippen LogP contribution in [0.25, 0.3) is 0 Å².